The minimum Gasteiger partial charge on any atom is -0.468 e. The fourth-order valence-corrected chi connectivity index (χ4v) is 3.49. The molecule has 0 fully saturated rings. The van der Waals surface area contributed by atoms with Gasteiger partial charge in [-0.1, -0.05) is 12.1 Å². The average Bonchev–Trinajstić information content (AvgIpc) is 3.25. The van der Waals surface area contributed by atoms with E-state index in [-0.39, 0.29) is 17.3 Å². The molecule has 4 N–H and O–H groups in total. The first-order chi connectivity index (χ1) is 14.3. The summed E-state index contributed by atoms with van der Waals surface area (Å²) >= 11 is 0. The molecule has 0 saturated carbocycles. The Morgan fingerprint density at radius 3 is 2.30 bits per heavy atom. The SMILES string of the molecule is NC(=O)c1ccc(NC(=O)/C=C\c2ccc(S(=O)(=O)NCc3ccco3)cc2)cc1. The lowest BCUT2D eigenvalue weighted by Crippen LogP contribution is -2.22. The van der Waals surface area contributed by atoms with Crippen LogP contribution >= 0.6 is 0 Å². The first kappa shape index (κ1) is 21.0. The van der Waals surface area contributed by atoms with Gasteiger partial charge in [0.2, 0.25) is 21.8 Å². The van der Waals surface area contributed by atoms with Crippen molar-refractivity contribution >= 4 is 33.6 Å². The van der Waals surface area contributed by atoms with Crippen LogP contribution in [0, 0.1) is 0 Å². The standard InChI is InChI=1S/C21H19N3O5S/c22-21(26)16-6-8-17(9-7-16)24-20(25)12-5-15-3-10-19(11-4-15)30(27,28)23-14-18-2-1-13-29-18/h1-13,23H,14H2,(H2,22,26)(H,24,25)/b12-5-. The zero-order valence-electron chi connectivity index (χ0n) is 15.7. The Morgan fingerprint density at radius 1 is 1.00 bits per heavy atom. The molecule has 0 atom stereocenters. The maximum Gasteiger partial charge on any atom is 0.248 e. The number of primary amides is 1. The first-order valence-corrected chi connectivity index (χ1v) is 10.3. The van der Waals surface area contributed by atoms with Gasteiger partial charge < -0.3 is 15.5 Å². The number of carbonyl (C=O) groups is 2. The van der Waals surface area contributed by atoms with Crippen LogP contribution in [0.25, 0.3) is 6.08 Å². The number of carbonyl (C=O) groups excluding carboxylic acids is 2. The molecule has 30 heavy (non-hydrogen) atoms. The van der Waals surface area contributed by atoms with Gasteiger partial charge in [0.1, 0.15) is 5.76 Å². The molecule has 3 aromatic rings. The van der Waals surface area contributed by atoms with Crippen molar-refractivity contribution in [1.82, 2.24) is 4.72 Å². The molecule has 0 aliphatic carbocycles. The van der Waals surface area contributed by atoms with Crippen molar-refractivity contribution in [2.24, 2.45) is 5.73 Å². The van der Waals surface area contributed by atoms with Crippen molar-refractivity contribution in [3.05, 3.63) is 89.9 Å². The number of nitrogens with two attached hydrogens (primary N) is 1. The van der Waals surface area contributed by atoms with Gasteiger partial charge >= 0.3 is 0 Å². The Hall–Kier alpha value is -3.69. The van der Waals surface area contributed by atoms with E-state index in [0.29, 0.717) is 22.6 Å². The molecular formula is C21H19N3O5S. The lowest BCUT2D eigenvalue weighted by Gasteiger charge is -2.06. The lowest BCUT2D eigenvalue weighted by molar-refractivity contribution is -0.111. The van der Waals surface area contributed by atoms with Gasteiger partial charge in [0.25, 0.3) is 0 Å². The van der Waals surface area contributed by atoms with Crippen molar-refractivity contribution in [2.45, 2.75) is 11.4 Å². The maximum absolute atomic E-state index is 12.3. The molecule has 3 rings (SSSR count). The van der Waals surface area contributed by atoms with Gasteiger partial charge in [-0.2, -0.15) is 0 Å². The fourth-order valence-electron chi connectivity index (χ4n) is 2.49. The van der Waals surface area contributed by atoms with Crippen LogP contribution < -0.4 is 15.8 Å². The summed E-state index contributed by atoms with van der Waals surface area (Å²) in [6, 6.07) is 15.6. The highest BCUT2D eigenvalue weighted by Crippen LogP contribution is 2.13. The smallest absolute Gasteiger partial charge is 0.248 e. The number of anilines is 1. The van der Waals surface area contributed by atoms with Crippen LogP contribution in [0.1, 0.15) is 21.7 Å². The summed E-state index contributed by atoms with van der Waals surface area (Å²) in [4.78, 5) is 23.2. The quantitative estimate of drug-likeness (QED) is 0.477. The third kappa shape index (κ3) is 5.66. The van der Waals surface area contributed by atoms with E-state index in [1.54, 1.807) is 42.5 Å². The number of rotatable bonds is 8. The molecule has 0 spiro atoms. The number of benzene rings is 2. The van der Waals surface area contributed by atoms with Gasteiger partial charge in [0, 0.05) is 17.3 Å². The van der Waals surface area contributed by atoms with Gasteiger partial charge in [-0.15, -0.1) is 0 Å². The molecule has 2 aromatic carbocycles. The minimum absolute atomic E-state index is 0.0532. The summed E-state index contributed by atoms with van der Waals surface area (Å²) in [5, 5.41) is 2.65. The van der Waals surface area contributed by atoms with E-state index in [0.717, 1.165) is 0 Å². The summed E-state index contributed by atoms with van der Waals surface area (Å²) in [6.45, 7) is 0.0532. The molecule has 0 bridgehead atoms. The number of nitrogens with one attached hydrogen (secondary N) is 2. The molecule has 1 aromatic heterocycles. The third-order valence-corrected chi connectivity index (χ3v) is 5.49. The van der Waals surface area contributed by atoms with E-state index in [2.05, 4.69) is 10.0 Å². The minimum atomic E-state index is -3.68. The van der Waals surface area contributed by atoms with Gasteiger partial charge in [0.15, 0.2) is 0 Å². The molecule has 8 nitrogen and oxygen atoms in total. The van der Waals surface area contributed by atoms with E-state index in [4.69, 9.17) is 10.2 Å². The predicted octanol–water partition coefficient (Wildman–Crippen LogP) is 2.51. The molecule has 154 valence electrons. The topological polar surface area (TPSA) is 132 Å². The lowest BCUT2D eigenvalue weighted by atomic mass is 10.2. The van der Waals surface area contributed by atoms with Crippen LogP contribution in [0.3, 0.4) is 0 Å². The van der Waals surface area contributed by atoms with Crippen LogP contribution in [0.5, 0.6) is 0 Å². The Labute approximate surface area is 173 Å². The number of hydrogen-bond acceptors (Lipinski definition) is 5. The molecule has 0 aliphatic rings. The molecule has 0 radical (unpaired) electrons. The van der Waals surface area contributed by atoms with Gasteiger partial charge in [-0.05, 0) is 60.2 Å². The summed E-state index contributed by atoms with van der Waals surface area (Å²) in [6.07, 6.45) is 4.34. The molecule has 0 unspecified atom stereocenters. The van der Waals surface area contributed by atoms with E-state index >= 15 is 0 Å². The van der Waals surface area contributed by atoms with Crippen LogP contribution in [0.2, 0.25) is 0 Å². The largest absolute Gasteiger partial charge is 0.468 e. The van der Waals surface area contributed by atoms with Crippen LogP contribution in [-0.4, -0.2) is 20.2 Å². The number of sulfonamides is 1. The van der Waals surface area contributed by atoms with E-state index in [9.17, 15) is 18.0 Å². The highest BCUT2D eigenvalue weighted by Gasteiger charge is 2.14. The number of furan rings is 1. The summed E-state index contributed by atoms with van der Waals surface area (Å²) in [5.41, 5.74) is 6.68. The second-order valence-corrected chi connectivity index (χ2v) is 8.00. The van der Waals surface area contributed by atoms with Crippen molar-refractivity contribution in [2.75, 3.05) is 5.32 Å². The van der Waals surface area contributed by atoms with E-state index in [1.165, 1.54) is 36.6 Å². The summed E-state index contributed by atoms with van der Waals surface area (Å²) in [7, 11) is -3.68. The maximum atomic E-state index is 12.3. The van der Waals surface area contributed by atoms with Crippen LogP contribution in [0.4, 0.5) is 5.69 Å². The highest BCUT2D eigenvalue weighted by atomic mass is 32.2. The molecule has 0 aliphatic heterocycles. The molecule has 1 heterocycles. The zero-order valence-corrected chi connectivity index (χ0v) is 16.6. The Morgan fingerprint density at radius 2 is 1.70 bits per heavy atom. The zero-order chi connectivity index (χ0) is 21.6. The molecule has 2 amide bonds. The van der Waals surface area contributed by atoms with Crippen LogP contribution in [-0.2, 0) is 21.4 Å². The molecule has 9 heteroatoms. The summed E-state index contributed by atoms with van der Waals surface area (Å²) in [5.74, 6) is -0.415. The fraction of sp³-hybridized carbons (Fsp3) is 0.0476. The van der Waals surface area contributed by atoms with Gasteiger partial charge in [0.05, 0.1) is 17.7 Å². The monoisotopic (exact) mass is 425 g/mol. The second kappa shape index (κ2) is 9.21. The van der Waals surface area contributed by atoms with Crippen molar-refractivity contribution < 1.29 is 22.4 Å². The summed E-state index contributed by atoms with van der Waals surface area (Å²) < 4.78 is 32.2. The van der Waals surface area contributed by atoms with E-state index in [1.807, 2.05) is 0 Å². The van der Waals surface area contributed by atoms with Crippen molar-refractivity contribution in [3.8, 4) is 0 Å². The second-order valence-electron chi connectivity index (χ2n) is 6.24. The Kier molecular flexibility index (Phi) is 6.45. The first-order valence-electron chi connectivity index (χ1n) is 8.84. The van der Waals surface area contributed by atoms with Crippen molar-refractivity contribution in [1.29, 1.82) is 0 Å². The number of hydrogen-bond donors (Lipinski definition) is 3. The average molecular weight is 425 g/mol. The predicted molar refractivity (Wildman–Crippen MR) is 112 cm³/mol. The van der Waals surface area contributed by atoms with Crippen LogP contribution in [0.15, 0.2) is 82.3 Å². The van der Waals surface area contributed by atoms with Crippen molar-refractivity contribution in [3.63, 3.8) is 0 Å². The van der Waals surface area contributed by atoms with E-state index < -0.39 is 15.9 Å². The molecule has 0 saturated heterocycles. The highest BCUT2D eigenvalue weighted by molar-refractivity contribution is 7.89. The normalized spacial score (nSPS) is 11.5. The van der Waals surface area contributed by atoms with Gasteiger partial charge in [-0.25, -0.2) is 13.1 Å². The number of amides is 2. The third-order valence-electron chi connectivity index (χ3n) is 4.07. The van der Waals surface area contributed by atoms with Gasteiger partial charge in [-0.3, -0.25) is 9.59 Å². The molecular weight excluding hydrogens is 406 g/mol. The Balaban J connectivity index is 1.58. The Bertz CT molecular complexity index is 1150.